The molecule has 0 spiro atoms. The van der Waals surface area contributed by atoms with E-state index in [0.717, 1.165) is 0 Å². The molecule has 0 aromatic rings. The smallest absolute Gasteiger partial charge is 0.324 e. The predicted octanol–water partition coefficient (Wildman–Crippen LogP) is -2.10. The molecule has 48 valence electrons. The van der Waals surface area contributed by atoms with Crippen LogP contribution in [0.3, 0.4) is 0 Å². The number of carboxylic acids is 1. The van der Waals surface area contributed by atoms with Gasteiger partial charge in [-0.15, -0.1) is 0 Å². The normalized spacial score (nSPS) is 24.5. The Balaban J connectivity index is 4.75. The maximum atomic E-state index is 10.2. The lowest BCUT2D eigenvalue weighted by atomic mass is 10.3. The molecule has 5 N–H and O–H groups in total. The zero-order valence-electron chi connectivity index (χ0n) is 6.88. The third-order valence-corrected chi connectivity index (χ3v) is 0.470. The molecular formula is C3H8N2O3. The minimum Gasteiger partial charge on any atom is -0.480 e. The van der Waals surface area contributed by atoms with Gasteiger partial charge in [0.05, 0.1) is 10.7 Å². The number of carbonyl (C=O) groups is 1. The number of rotatable bonds is 3. The molecular weight excluding hydrogens is 113 g/mol. The van der Waals surface area contributed by atoms with Crippen molar-refractivity contribution in [3.8, 4) is 0 Å². The molecule has 0 aromatic heterocycles. The van der Waals surface area contributed by atoms with Crippen LogP contribution in [-0.2, 0) is 4.79 Å². The zero-order chi connectivity index (χ0) is 9.28. The molecule has 0 saturated heterocycles. The van der Waals surface area contributed by atoms with Gasteiger partial charge < -0.3 is 10.2 Å². The minimum absolute atomic E-state index is 1.36. The van der Waals surface area contributed by atoms with Crippen molar-refractivity contribution < 1.29 is 19.1 Å². The van der Waals surface area contributed by atoms with Gasteiger partial charge in [-0.2, -0.15) is 0 Å². The van der Waals surface area contributed by atoms with E-state index in [1.165, 1.54) is 5.43 Å². The fraction of sp³-hybridized carbons (Fsp3) is 0.667. The van der Waals surface area contributed by atoms with E-state index in [0.29, 0.717) is 0 Å². The average molecular weight is 124 g/mol. The number of nitrogens with two attached hydrogens (primary N) is 1. The average Bonchev–Trinajstić information content (AvgIpc) is 1.83. The van der Waals surface area contributed by atoms with Crippen molar-refractivity contribution in [3.63, 3.8) is 0 Å². The Bertz CT molecular complexity index is 170. The summed E-state index contributed by atoms with van der Waals surface area (Å²) in [6.07, 6.45) is 0. The minimum atomic E-state index is -3.24. The number of aliphatic hydroxyl groups is 1. The molecule has 0 unspecified atom stereocenters. The third kappa shape index (κ3) is 1.87. The number of nitrogens with one attached hydrogen (secondary N) is 1. The molecule has 0 radical (unpaired) electrons. The molecule has 0 aliphatic heterocycles. The summed E-state index contributed by atoms with van der Waals surface area (Å²) in [6, 6.07) is -2.94. The van der Waals surface area contributed by atoms with Gasteiger partial charge in [0.15, 0.2) is 0 Å². The summed E-state index contributed by atoms with van der Waals surface area (Å²) < 4.78 is 19.9. The van der Waals surface area contributed by atoms with Gasteiger partial charge in [0.2, 0.25) is 0 Å². The van der Waals surface area contributed by atoms with Gasteiger partial charge in [-0.05, 0) is 0 Å². The van der Waals surface area contributed by atoms with Gasteiger partial charge >= 0.3 is 5.97 Å². The van der Waals surface area contributed by atoms with Gasteiger partial charge in [0.1, 0.15) is 6.02 Å². The molecule has 5 heteroatoms. The van der Waals surface area contributed by atoms with E-state index in [1.54, 1.807) is 0 Å². The molecule has 0 amide bonds. The van der Waals surface area contributed by atoms with Crippen molar-refractivity contribution in [1.82, 2.24) is 5.43 Å². The summed E-state index contributed by atoms with van der Waals surface area (Å²) in [6.45, 7) is -3.24. The topological polar surface area (TPSA) is 95.6 Å². The first kappa shape index (κ1) is 3.39. The molecule has 0 bridgehead atoms. The molecule has 8 heavy (non-hydrogen) atoms. The zero-order valence-corrected chi connectivity index (χ0v) is 3.88. The number of aliphatic carboxylic acids is 1. The summed E-state index contributed by atoms with van der Waals surface area (Å²) >= 11 is 0. The van der Waals surface area contributed by atoms with Gasteiger partial charge in [-0.25, -0.2) is 5.43 Å². The Labute approximate surface area is 50.3 Å². The second-order valence-electron chi connectivity index (χ2n) is 0.936. The second kappa shape index (κ2) is 3.36. The number of carboxylic acid groups (broad SMARTS) is 1. The molecule has 0 rings (SSSR count). The van der Waals surface area contributed by atoms with Gasteiger partial charge in [0, 0.05) is 0 Å². The third-order valence-electron chi connectivity index (χ3n) is 0.470. The highest BCUT2D eigenvalue weighted by Gasteiger charge is 2.11. The van der Waals surface area contributed by atoms with Crippen molar-refractivity contribution in [1.29, 1.82) is 0 Å². The highest BCUT2D eigenvalue weighted by Crippen LogP contribution is 1.75. The highest BCUT2D eigenvalue weighted by molar-refractivity contribution is 5.73. The molecule has 0 aromatic carbocycles. The molecule has 0 aliphatic carbocycles. The summed E-state index contributed by atoms with van der Waals surface area (Å²) in [5.74, 6) is 2.68. The van der Waals surface area contributed by atoms with E-state index >= 15 is 0 Å². The summed E-state index contributed by atoms with van der Waals surface area (Å²) in [4.78, 5) is 10.2. The number of hydrazine groups is 1. The predicted molar refractivity (Wildman–Crippen MR) is 25.8 cm³/mol. The van der Waals surface area contributed by atoms with Gasteiger partial charge in [-0.1, -0.05) is 0 Å². The fourth-order valence-corrected chi connectivity index (χ4v) is 0.142. The van der Waals surface area contributed by atoms with Crippen LogP contribution in [0.1, 0.15) is 4.11 Å². The Kier molecular flexibility index (Phi) is 1.43. The van der Waals surface area contributed by atoms with Crippen molar-refractivity contribution in [3.05, 3.63) is 0 Å². The van der Waals surface area contributed by atoms with Crippen molar-refractivity contribution in [2.45, 2.75) is 6.02 Å². The molecule has 0 aliphatic rings. The molecule has 5 nitrogen and oxygen atoms in total. The summed E-state index contributed by atoms with van der Waals surface area (Å²) in [5, 5.41) is 16.8. The SMILES string of the molecule is [2H]C([2H])(O)[C@]([2H])(N[15NH2])C(=O)O. The molecule has 0 saturated carbocycles. The van der Waals surface area contributed by atoms with Gasteiger partial charge in [-0.3, -0.25) is 10.6 Å². The van der Waals surface area contributed by atoms with E-state index in [2.05, 4.69) is 5.84 Å². The van der Waals surface area contributed by atoms with Crippen LogP contribution in [-0.4, -0.2) is 28.8 Å². The van der Waals surface area contributed by atoms with Crippen LogP contribution in [0, 0.1) is 0 Å². The first-order valence-electron chi connectivity index (χ1n) is 3.19. The molecule has 0 fully saturated rings. The Morgan fingerprint density at radius 2 is 2.75 bits per heavy atom. The van der Waals surface area contributed by atoms with Crippen molar-refractivity contribution in [2.75, 3.05) is 6.56 Å². The van der Waals surface area contributed by atoms with Crippen LogP contribution in [0.4, 0.5) is 0 Å². The standard InChI is InChI=1S/C3H8N2O3/c4-5-2(1-6)3(7)8/h2,5-6H,1,4H2,(H,7,8)/t2-/m0/s1/i1D2,2D,4+1. The van der Waals surface area contributed by atoms with Crippen molar-refractivity contribution >= 4 is 5.97 Å². The van der Waals surface area contributed by atoms with Crippen LogP contribution in [0.15, 0.2) is 0 Å². The van der Waals surface area contributed by atoms with E-state index in [9.17, 15) is 4.79 Å². The monoisotopic (exact) mass is 124 g/mol. The lowest BCUT2D eigenvalue weighted by molar-refractivity contribution is -0.140. The summed E-state index contributed by atoms with van der Waals surface area (Å²) in [7, 11) is 0. The number of hydrogen-bond donors (Lipinski definition) is 4. The van der Waals surface area contributed by atoms with E-state index in [4.69, 9.17) is 14.3 Å². The van der Waals surface area contributed by atoms with Crippen LogP contribution in [0.5, 0.6) is 0 Å². The largest absolute Gasteiger partial charge is 0.480 e. The van der Waals surface area contributed by atoms with Crippen molar-refractivity contribution in [2.24, 2.45) is 5.84 Å². The molecule has 1 atom stereocenters. The number of hydrogen-bond acceptors (Lipinski definition) is 4. The second-order valence-corrected chi connectivity index (χ2v) is 0.936. The maximum Gasteiger partial charge on any atom is 0.324 e. The lowest BCUT2D eigenvalue weighted by Crippen LogP contribution is -2.43. The van der Waals surface area contributed by atoms with Gasteiger partial charge in [0.25, 0.3) is 0 Å². The first-order valence-corrected chi connectivity index (χ1v) is 1.69. The van der Waals surface area contributed by atoms with E-state index in [1.807, 2.05) is 0 Å². The first-order chi connectivity index (χ1) is 4.75. The maximum absolute atomic E-state index is 10.2. The fourth-order valence-electron chi connectivity index (χ4n) is 0.142. The lowest BCUT2D eigenvalue weighted by Gasteiger charge is -2.04. The van der Waals surface area contributed by atoms with E-state index in [-0.39, 0.29) is 0 Å². The molecule has 0 heterocycles. The Morgan fingerprint density at radius 1 is 2.25 bits per heavy atom. The highest BCUT2D eigenvalue weighted by atomic mass is 16.4. The Morgan fingerprint density at radius 3 is 2.75 bits per heavy atom. The Hall–Kier alpha value is -0.650. The quantitative estimate of drug-likeness (QED) is 0.196. The van der Waals surface area contributed by atoms with E-state index < -0.39 is 18.5 Å². The van der Waals surface area contributed by atoms with Crippen LogP contribution >= 0.6 is 0 Å². The van der Waals surface area contributed by atoms with Crippen LogP contribution in [0.25, 0.3) is 0 Å². The van der Waals surface area contributed by atoms with Crippen LogP contribution < -0.4 is 11.3 Å². The summed E-state index contributed by atoms with van der Waals surface area (Å²) in [5.41, 5.74) is 1.36. The van der Waals surface area contributed by atoms with Crippen LogP contribution in [0.2, 0.25) is 0 Å².